The normalized spacial score (nSPS) is 26.6. The third-order valence-corrected chi connectivity index (χ3v) is 3.72. The molecule has 6 heteroatoms. The molecule has 0 spiro atoms. The Kier molecular flexibility index (Phi) is 4.31. The van der Waals surface area contributed by atoms with Gasteiger partial charge in [-0.2, -0.15) is 30.4 Å². The Morgan fingerprint density at radius 1 is 1.47 bits per heavy atom. The van der Waals surface area contributed by atoms with Crippen LogP contribution < -0.4 is 5.48 Å². The van der Waals surface area contributed by atoms with Gasteiger partial charge in [-0.15, -0.1) is 0 Å². The molecule has 1 saturated heterocycles. The average molecular weight is 243 g/mol. The van der Waals surface area contributed by atoms with Crippen molar-refractivity contribution < 1.29 is 18.0 Å². The first-order valence-corrected chi connectivity index (χ1v) is 5.96. The van der Waals surface area contributed by atoms with Crippen LogP contribution in [0.4, 0.5) is 13.2 Å². The number of rotatable bonds is 3. The first-order chi connectivity index (χ1) is 6.79. The number of halogens is 3. The van der Waals surface area contributed by atoms with Crippen LogP contribution in [0.15, 0.2) is 0 Å². The predicted molar refractivity (Wildman–Crippen MR) is 54.7 cm³/mol. The van der Waals surface area contributed by atoms with Gasteiger partial charge in [-0.3, -0.25) is 4.84 Å². The lowest BCUT2D eigenvalue weighted by Crippen LogP contribution is -2.41. The van der Waals surface area contributed by atoms with E-state index in [4.69, 9.17) is 0 Å². The van der Waals surface area contributed by atoms with Gasteiger partial charge in [0.25, 0.3) is 0 Å². The van der Waals surface area contributed by atoms with Gasteiger partial charge in [0.05, 0.1) is 0 Å². The lowest BCUT2D eigenvalue weighted by Gasteiger charge is -2.34. The number of alkyl halides is 3. The number of thioether (sulfide) groups is 1. The first-order valence-electron chi connectivity index (χ1n) is 4.80. The van der Waals surface area contributed by atoms with Crippen LogP contribution in [0.2, 0.25) is 0 Å². The summed E-state index contributed by atoms with van der Waals surface area (Å²) in [7, 11) is 0. The molecule has 1 heterocycles. The number of hydroxylamine groups is 1. The molecule has 0 aliphatic carbocycles. The molecule has 1 rings (SSSR count). The molecule has 1 unspecified atom stereocenters. The standard InChI is InChI=1S/C9H16F3NOS/c1-8(2)3-7(4-15-6-8)13-14-5-9(10,11)12/h7,13H,3-6H2,1-2H3. The minimum Gasteiger partial charge on any atom is -0.292 e. The summed E-state index contributed by atoms with van der Waals surface area (Å²) in [6, 6.07) is 0.0149. The Hall–Kier alpha value is 0.0600. The molecule has 0 aromatic rings. The minimum atomic E-state index is -4.26. The SMILES string of the molecule is CC1(C)CSCC(NOCC(F)(F)F)C1. The van der Waals surface area contributed by atoms with E-state index in [-0.39, 0.29) is 11.5 Å². The van der Waals surface area contributed by atoms with E-state index in [0.717, 1.165) is 17.9 Å². The molecule has 1 atom stereocenters. The quantitative estimate of drug-likeness (QED) is 0.770. The van der Waals surface area contributed by atoms with Gasteiger partial charge in [0, 0.05) is 11.8 Å². The topological polar surface area (TPSA) is 21.3 Å². The van der Waals surface area contributed by atoms with Crippen molar-refractivity contribution in [3.8, 4) is 0 Å². The van der Waals surface area contributed by atoms with E-state index in [1.54, 1.807) is 11.8 Å². The fourth-order valence-electron chi connectivity index (χ4n) is 1.58. The summed E-state index contributed by atoms with van der Waals surface area (Å²) in [5, 5.41) is 0. The van der Waals surface area contributed by atoms with E-state index >= 15 is 0 Å². The largest absolute Gasteiger partial charge is 0.413 e. The zero-order valence-electron chi connectivity index (χ0n) is 8.86. The summed E-state index contributed by atoms with van der Waals surface area (Å²) >= 11 is 1.74. The van der Waals surface area contributed by atoms with Crippen LogP contribution in [0.1, 0.15) is 20.3 Å². The lowest BCUT2D eigenvalue weighted by atomic mass is 9.88. The second-order valence-electron chi connectivity index (χ2n) is 4.60. The lowest BCUT2D eigenvalue weighted by molar-refractivity contribution is -0.193. The van der Waals surface area contributed by atoms with Crippen LogP contribution in [-0.2, 0) is 4.84 Å². The van der Waals surface area contributed by atoms with Gasteiger partial charge in [-0.1, -0.05) is 13.8 Å². The predicted octanol–water partition coefficient (Wildman–Crippen LogP) is 2.60. The van der Waals surface area contributed by atoms with E-state index < -0.39 is 12.8 Å². The molecule has 90 valence electrons. The van der Waals surface area contributed by atoms with Crippen LogP contribution in [0.3, 0.4) is 0 Å². The molecule has 1 N–H and O–H groups in total. The van der Waals surface area contributed by atoms with Gasteiger partial charge in [0.15, 0.2) is 6.61 Å². The molecule has 15 heavy (non-hydrogen) atoms. The van der Waals surface area contributed by atoms with E-state index in [1.165, 1.54) is 0 Å². The van der Waals surface area contributed by atoms with Gasteiger partial charge in [-0.05, 0) is 17.6 Å². The Balaban J connectivity index is 2.22. The molecular formula is C9H16F3NOS. The Morgan fingerprint density at radius 3 is 2.67 bits per heavy atom. The summed E-state index contributed by atoms with van der Waals surface area (Å²) < 4.78 is 35.4. The molecule has 0 radical (unpaired) electrons. The van der Waals surface area contributed by atoms with Crippen molar-refractivity contribution in [1.82, 2.24) is 5.48 Å². The van der Waals surface area contributed by atoms with Crippen molar-refractivity contribution in [2.45, 2.75) is 32.5 Å². The van der Waals surface area contributed by atoms with E-state index in [1.807, 2.05) is 0 Å². The molecule has 0 aromatic heterocycles. The van der Waals surface area contributed by atoms with E-state index in [9.17, 15) is 13.2 Å². The first kappa shape index (κ1) is 13.1. The van der Waals surface area contributed by atoms with Crippen LogP contribution in [0.5, 0.6) is 0 Å². The summed E-state index contributed by atoms with van der Waals surface area (Å²) in [5.74, 6) is 1.85. The van der Waals surface area contributed by atoms with Crippen LogP contribution in [0, 0.1) is 5.41 Å². The van der Waals surface area contributed by atoms with Crippen molar-refractivity contribution in [3.05, 3.63) is 0 Å². The smallest absolute Gasteiger partial charge is 0.292 e. The van der Waals surface area contributed by atoms with Crippen LogP contribution >= 0.6 is 11.8 Å². The molecule has 1 aliphatic heterocycles. The zero-order chi connectivity index (χ0) is 11.5. The third kappa shape index (κ3) is 5.63. The van der Waals surface area contributed by atoms with Crippen molar-refractivity contribution in [2.24, 2.45) is 5.41 Å². The minimum absolute atomic E-state index is 0.0149. The van der Waals surface area contributed by atoms with Crippen molar-refractivity contribution in [1.29, 1.82) is 0 Å². The Bertz CT molecular complexity index is 208. The van der Waals surface area contributed by atoms with Gasteiger partial charge < -0.3 is 0 Å². The number of hydrogen-bond donors (Lipinski definition) is 1. The second kappa shape index (κ2) is 4.93. The van der Waals surface area contributed by atoms with Crippen molar-refractivity contribution in [2.75, 3.05) is 18.1 Å². The second-order valence-corrected chi connectivity index (χ2v) is 5.63. The molecule has 0 amide bonds. The van der Waals surface area contributed by atoms with Gasteiger partial charge >= 0.3 is 6.18 Å². The monoisotopic (exact) mass is 243 g/mol. The molecule has 0 saturated carbocycles. The zero-order valence-corrected chi connectivity index (χ0v) is 9.67. The fraction of sp³-hybridized carbons (Fsp3) is 1.00. The highest BCUT2D eigenvalue weighted by Gasteiger charge is 2.31. The molecule has 0 bridgehead atoms. The number of nitrogens with one attached hydrogen (secondary N) is 1. The van der Waals surface area contributed by atoms with Gasteiger partial charge in [-0.25, -0.2) is 0 Å². The molecule has 0 aromatic carbocycles. The third-order valence-electron chi connectivity index (χ3n) is 2.10. The fourth-order valence-corrected chi connectivity index (χ4v) is 2.84. The van der Waals surface area contributed by atoms with Gasteiger partial charge in [0.2, 0.25) is 0 Å². The van der Waals surface area contributed by atoms with Crippen LogP contribution in [-0.4, -0.2) is 30.3 Å². The van der Waals surface area contributed by atoms with E-state index in [2.05, 4.69) is 24.2 Å². The number of hydrogen-bond acceptors (Lipinski definition) is 3. The van der Waals surface area contributed by atoms with E-state index in [0.29, 0.717) is 0 Å². The summed E-state index contributed by atoms with van der Waals surface area (Å²) in [5.41, 5.74) is 2.66. The maximum absolute atomic E-state index is 11.8. The molecule has 1 aliphatic rings. The summed E-state index contributed by atoms with van der Waals surface area (Å²) in [4.78, 5) is 4.44. The summed E-state index contributed by atoms with van der Waals surface area (Å²) in [6.45, 7) is 2.99. The maximum Gasteiger partial charge on any atom is 0.413 e. The van der Waals surface area contributed by atoms with Crippen LogP contribution in [0.25, 0.3) is 0 Å². The van der Waals surface area contributed by atoms with Crippen molar-refractivity contribution >= 4 is 11.8 Å². The molecule has 1 fully saturated rings. The van der Waals surface area contributed by atoms with Gasteiger partial charge in [0.1, 0.15) is 0 Å². The van der Waals surface area contributed by atoms with Crippen molar-refractivity contribution in [3.63, 3.8) is 0 Å². The Morgan fingerprint density at radius 2 is 2.13 bits per heavy atom. The summed E-state index contributed by atoms with van der Waals surface area (Å²) in [6.07, 6.45) is -3.41. The average Bonchev–Trinajstić information content (AvgIpc) is 1.99. The Labute approximate surface area is 91.9 Å². The highest BCUT2D eigenvalue weighted by molar-refractivity contribution is 7.99. The maximum atomic E-state index is 11.8. The highest BCUT2D eigenvalue weighted by atomic mass is 32.2. The molecule has 2 nitrogen and oxygen atoms in total. The highest BCUT2D eigenvalue weighted by Crippen LogP contribution is 2.33. The molecular weight excluding hydrogens is 227 g/mol.